The van der Waals surface area contributed by atoms with Gasteiger partial charge >= 0.3 is 0 Å². The molecule has 0 aromatic heterocycles. The third-order valence-corrected chi connectivity index (χ3v) is 3.52. The van der Waals surface area contributed by atoms with Crippen molar-refractivity contribution >= 4 is 0 Å². The zero-order chi connectivity index (χ0) is 14.2. The SMILES string of the molecule is CCC(C)CN(CC)CC(C)(C)CNCC(C)C. The fourth-order valence-electron chi connectivity index (χ4n) is 2.24. The number of hydrogen-bond donors (Lipinski definition) is 1. The van der Waals surface area contributed by atoms with Crippen LogP contribution >= 0.6 is 0 Å². The van der Waals surface area contributed by atoms with Gasteiger partial charge in [0.05, 0.1) is 0 Å². The highest BCUT2D eigenvalue weighted by molar-refractivity contribution is 4.77. The summed E-state index contributed by atoms with van der Waals surface area (Å²) < 4.78 is 0. The largest absolute Gasteiger partial charge is 0.316 e. The summed E-state index contributed by atoms with van der Waals surface area (Å²) in [5.74, 6) is 1.55. The van der Waals surface area contributed by atoms with E-state index in [1.54, 1.807) is 0 Å². The molecule has 0 saturated heterocycles. The van der Waals surface area contributed by atoms with E-state index in [9.17, 15) is 0 Å². The molecule has 0 saturated carbocycles. The summed E-state index contributed by atoms with van der Waals surface area (Å²) in [6.07, 6.45) is 1.28. The number of hydrogen-bond acceptors (Lipinski definition) is 2. The van der Waals surface area contributed by atoms with Crippen molar-refractivity contribution in [2.24, 2.45) is 17.3 Å². The molecule has 0 fully saturated rings. The fourth-order valence-corrected chi connectivity index (χ4v) is 2.24. The average molecular weight is 256 g/mol. The van der Waals surface area contributed by atoms with E-state index in [0.717, 1.165) is 31.5 Å². The smallest absolute Gasteiger partial charge is 0.00448 e. The molecule has 0 aromatic carbocycles. The molecule has 0 radical (unpaired) electrons. The van der Waals surface area contributed by atoms with E-state index in [1.165, 1.54) is 19.5 Å². The molecule has 0 bridgehead atoms. The van der Waals surface area contributed by atoms with Crippen molar-refractivity contribution in [2.75, 3.05) is 32.7 Å². The Balaban J connectivity index is 4.08. The van der Waals surface area contributed by atoms with Gasteiger partial charge in [-0.25, -0.2) is 0 Å². The van der Waals surface area contributed by atoms with Crippen LogP contribution in [0.4, 0.5) is 0 Å². The van der Waals surface area contributed by atoms with Gasteiger partial charge in [-0.1, -0.05) is 54.9 Å². The van der Waals surface area contributed by atoms with Crippen molar-refractivity contribution in [1.29, 1.82) is 0 Å². The van der Waals surface area contributed by atoms with E-state index in [1.807, 2.05) is 0 Å². The first-order chi connectivity index (χ1) is 8.30. The van der Waals surface area contributed by atoms with Crippen molar-refractivity contribution in [3.05, 3.63) is 0 Å². The van der Waals surface area contributed by atoms with Crippen LogP contribution in [0.2, 0.25) is 0 Å². The van der Waals surface area contributed by atoms with Gasteiger partial charge in [0.1, 0.15) is 0 Å². The highest BCUT2D eigenvalue weighted by atomic mass is 15.1. The van der Waals surface area contributed by atoms with Gasteiger partial charge in [0.15, 0.2) is 0 Å². The lowest BCUT2D eigenvalue weighted by Gasteiger charge is -2.34. The molecule has 2 nitrogen and oxygen atoms in total. The average Bonchev–Trinajstić information content (AvgIpc) is 2.26. The monoisotopic (exact) mass is 256 g/mol. The van der Waals surface area contributed by atoms with Gasteiger partial charge in [0, 0.05) is 19.6 Å². The Labute approximate surface area is 116 Å². The predicted molar refractivity (Wildman–Crippen MR) is 83.1 cm³/mol. The van der Waals surface area contributed by atoms with Crippen LogP contribution in [-0.4, -0.2) is 37.6 Å². The Morgan fingerprint density at radius 1 is 1.11 bits per heavy atom. The Bertz CT molecular complexity index is 199. The summed E-state index contributed by atoms with van der Waals surface area (Å²) in [5, 5.41) is 3.60. The molecule has 18 heavy (non-hydrogen) atoms. The maximum absolute atomic E-state index is 3.60. The third-order valence-electron chi connectivity index (χ3n) is 3.52. The second-order valence-corrected chi connectivity index (χ2v) is 7.03. The molecular formula is C16H36N2. The lowest BCUT2D eigenvalue weighted by molar-refractivity contribution is 0.161. The van der Waals surface area contributed by atoms with Crippen LogP contribution in [0.25, 0.3) is 0 Å². The van der Waals surface area contributed by atoms with Crippen molar-refractivity contribution < 1.29 is 0 Å². The van der Waals surface area contributed by atoms with Crippen molar-refractivity contribution in [3.8, 4) is 0 Å². The maximum Gasteiger partial charge on any atom is 0.00448 e. The molecule has 1 unspecified atom stereocenters. The van der Waals surface area contributed by atoms with Gasteiger partial charge in [0.2, 0.25) is 0 Å². The minimum absolute atomic E-state index is 0.359. The highest BCUT2D eigenvalue weighted by Gasteiger charge is 2.21. The first-order valence-corrected chi connectivity index (χ1v) is 7.73. The minimum Gasteiger partial charge on any atom is -0.316 e. The summed E-state index contributed by atoms with van der Waals surface area (Å²) in [6, 6.07) is 0. The van der Waals surface area contributed by atoms with Gasteiger partial charge in [-0.05, 0) is 30.3 Å². The van der Waals surface area contributed by atoms with Crippen LogP contribution in [0.15, 0.2) is 0 Å². The second kappa shape index (κ2) is 8.92. The minimum atomic E-state index is 0.359. The lowest BCUT2D eigenvalue weighted by atomic mass is 9.92. The molecular weight excluding hydrogens is 220 g/mol. The van der Waals surface area contributed by atoms with Crippen molar-refractivity contribution in [1.82, 2.24) is 10.2 Å². The molecule has 2 heteroatoms. The normalized spacial score (nSPS) is 14.5. The standard InChI is InChI=1S/C16H36N2/c1-8-15(5)11-18(9-2)13-16(6,7)12-17-10-14(3)4/h14-15,17H,8-13H2,1-7H3. The third kappa shape index (κ3) is 8.93. The highest BCUT2D eigenvalue weighted by Crippen LogP contribution is 2.17. The quantitative estimate of drug-likeness (QED) is 0.642. The number of rotatable bonds is 10. The Morgan fingerprint density at radius 2 is 1.72 bits per heavy atom. The maximum atomic E-state index is 3.60. The molecule has 0 aliphatic rings. The van der Waals surface area contributed by atoms with E-state index in [4.69, 9.17) is 0 Å². The molecule has 0 aliphatic heterocycles. The van der Waals surface area contributed by atoms with Crippen LogP contribution < -0.4 is 5.32 Å². The number of nitrogens with zero attached hydrogens (tertiary/aromatic N) is 1. The van der Waals surface area contributed by atoms with E-state index in [2.05, 4.69) is 58.7 Å². The Hall–Kier alpha value is -0.0800. The molecule has 0 aliphatic carbocycles. The molecule has 0 rings (SSSR count). The van der Waals surface area contributed by atoms with Crippen LogP contribution in [0.3, 0.4) is 0 Å². The van der Waals surface area contributed by atoms with Crippen LogP contribution in [0.1, 0.15) is 54.9 Å². The van der Waals surface area contributed by atoms with Crippen molar-refractivity contribution in [3.63, 3.8) is 0 Å². The van der Waals surface area contributed by atoms with E-state index in [0.29, 0.717) is 5.41 Å². The fraction of sp³-hybridized carbons (Fsp3) is 1.00. The summed E-state index contributed by atoms with van der Waals surface area (Å²) in [4.78, 5) is 2.60. The molecule has 110 valence electrons. The topological polar surface area (TPSA) is 15.3 Å². The zero-order valence-corrected chi connectivity index (χ0v) is 13.8. The number of nitrogens with one attached hydrogen (secondary N) is 1. The predicted octanol–water partition coefficient (Wildman–Crippen LogP) is 3.63. The van der Waals surface area contributed by atoms with E-state index >= 15 is 0 Å². The van der Waals surface area contributed by atoms with E-state index < -0.39 is 0 Å². The lowest BCUT2D eigenvalue weighted by Crippen LogP contribution is -2.42. The van der Waals surface area contributed by atoms with Crippen LogP contribution in [0.5, 0.6) is 0 Å². The Morgan fingerprint density at radius 3 is 2.17 bits per heavy atom. The van der Waals surface area contributed by atoms with E-state index in [-0.39, 0.29) is 0 Å². The Kier molecular flexibility index (Phi) is 8.89. The van der Waals surface area contributed by atoms with Gasteiger partial charge in [-0.2, -0.15) is 0 Å². The van der Waals surface area contributed by atoms with Gasteiger partial charge in [0.25, 0.3) is 0 Å². The molecule has 0 spiro atoms. The summed E-state index contributed by atoms with van der Waals surface area (Å²) >= 11 is 0. The van der Waals surface area contributed by atoms with Gasteiger partial charge in [-0.3, -0.25) is 0 Å². The first-order valence-electron chi connectivity index (χ1n) is 7.73. The molecule has 0 amide bonds. The van der Waals surface area contributed by atoms with Crippen molar-refractivity contribution in [2.45, 2.75) is 54.9 Å². The summed E-state index contributed by atoms with van der Waals surface area (Å²) in [7, 11) is 0. The molecule has 0 heterocycles. The van der Waals surface area contributed by atoms with Crippen LogP contribution in [0, 0.1) is 17.3 Å². The van der Waals surface area contributed by atoms with Gasteiger partial charge in [-0.15, -0.1) is 0 Å². The van der Waals surface area contributed by atoms with Gasteiger partial charge < -0.3 is 10.2 Å². The summed E-state index contributed by atoms with van der Waals surface area (Å²) in [5.41, 5.74) is 0.359. The molecule has 1 N–H and O–H groups in total. The second-order valence-electron chi connectivity index (χ2n) is 7.03. The molecule has 1 atom stereocenters. The van der Waals surface area contributed by atoms with Crippen LogP contribution in [-0.2, 0) is 0 Å². The summed E-state index contributed by atoms with van der Waals surface area (Å²) in [6.45, 7) is 22.0. The first kappa shape index (κ1) is 17.9. The zero-order valence-electron chi connectivity index (χ0n) is 13.8. The molecule has 0 aromatic rings.